The summed E-state index contributed by atoms with van der Waals surface area (Å²) in [7, 11) is 1.99. The van der Waals surface area contributed by atoms with Gasteiger partial charge in [-0.3, -0.25) is 14.7 Å². The van der Waals surface area contributed by atoms with Gasteiger partial charge in [0.25, 0.3) is 5.56 Å². The summed E-state index contributed by atoms with van der Waals surface area (Å²) in [5.74, 6) is 6.04. The highest BCUT2D eigenvalue weighted by atomic mass is 16.1. The van der Waals surface area contributed by atoms with E-state index in [-0.39, 0.29) is 11.8 Å². The minimum atomic E-state index is -0.166. The van der Waals surface area contributed by atoms with Gasteiger partial charge in [0, 0.05) is 30.4 Å². The molecule has 0 saturated carbocycles. The Morgan fingerprint density at radius 3 is 2.87 bits per heavy atom. The van der Waals surface area contributed by atoms with Gasteiger partial charge in [0.05, 0.1) is 24.5 Å². The van der Waals surface area contributed by atoms with Crippen molar-refractivity contribution in [2.75, 3.05) is 36.9 Å². The molecule has 3 N–H and O–H groups in total. The fraction of sp³-hybridized carbons (Fsp3) is 0.333. The van der Waals surface area contributed by atoms with Crippen LogP contribution in [0, 0.1) is 18.8 Å². The number of nitrogens with one attached hydrogen (secondary N) is 1. The van der Waals surface area contributed by atoms with E-state index in [0.29, 0.717) is 31.9 Å². The van der Waals surface area contributed by atoms with E-state index in [9.17, 15) is 4.79 Å². The number of pyridine rings is 2. The molecule has 3 aromatic rings. The van der Waals surface area contributed by atoms with Gasteiger partial charge in [-0.15, -0.1) is 5.92 Å². The minimum Gasteiger partial charge on any atom is -0.351 e. The summed E-state index contributed by atoms with van der Waals surface area (Å²) in [6, 6.07) is 12.2. The molecule has 4 rings (SSSR count). The lowest BCUT2D eigenvalue weighted by molar-refractivity contribution is 0.273. The van der Waals surface area contributed by atoms with Crippen molar-refractivity contribution in [2.45, 2.75) is 26.7 Å². The number of aromatic nitrogens is 2. The van der Waals surface area contributed by atoms with Crippen molar-refractivity contribution >= 4 is 22.1 Å². The zero-order valence-corrected chi connectivity index (χ0v) is 18.2. The van der Waals surface area contributed by atoms with Crippen LogP contribution in [-0.2, 0) is 6.54 Å². The normalized spacial score (nSPS) is 15.0. The Balaban J connectivity index is 1.75. The molecule has 1 aromatic carbocycles. The van der Waals surface area contributed by atoms with E-state index < -0.39 is 0 Å². The highest BCUT2D eigenvalue weighted by Crippen LogP contribution is 2.32. The van der Waals surface area contributed by atoms with Gasteiger partial charge in [-0.1, -0.05) is 30.2 Å². The molecule has 0 bridgehead atoms. The number of hydrogen-bond acceptors (Lipinski definition) is 6. The summed E-state index contributed by atoms with van der Waals surface area (Å²) in [5, 5.41) is 5.64. The number of nitrogens with zero attached hydrogens (tertiary/aromatic N) is 4. The Kier molecular flexibility index (Phi) is 5.94. The topological polar surface area (TPSA) is 79.4 Å². The summed E-state index contributed by atoms with van der Waals surface area (Å²) in [6.07, 6.45) is 1.67. The molecule has 1 atom stereocenters. The Morgan fingerprint density at radius 1 is 1.29 bits per heavy atom. The zero-order valence-electron chi connectivity index (χ0n) is 18.2. The van der Waals surface area contributed by atoms with Crippen LogP contribution < -0.4 is 21.5 Å². The monoisotopic (exact) mass is 416 g/mol. The van der Waals surface area contributed by atoms with Gasteiger partial charge in [0.1, 0.15) is 5.69 Å². The molecule has 31 heavy (non-hydrogen) atoms. The average molecular weight is 417 g/mol. The molecule has 3 heterocycles. The fourth-order valence-electron chi connectivity index (χ4n) is 4.12. The van der Waals surface area contributed by atoms with Crippen LogP contribution in [0.4, 0.5) is 11.4 Å². The maximum atomic E-state index is 13.5. The van der Waals surface area contributed by atoms with Crippen molar-refractivity contribution in [3.05, 3.63) is 64.3 Å². The van der Waals surface area contributed by atoms with Gasteiger partial charge in [-0.2, -0.15) is 0 Å². The van der Waals surface area contributed by atoms with Crippen LogP contribution in [0.5, 0.6) is 0 Å². The number of benzene rings is 1. The molecular weight excluding hydrogens is 388 g/mol. The number of anilines is 2. The molecule has 7 heteroatoms. The van der Waals surface area contributed by atoms with Gasteiger partial charge < -0.3 is 20.5 Å². The third-order valence-corrected chi connectivity index (χ3v) is 5.60. The van der Waals surface area contributed by atoms with Crippen LogP contribution in [0.2, 0.25) is 0 Å². The van der Waals surface area contributed by atoms with E-state index in [4.69, 9.17) is 10.7 Å². The van der Waals surface area contributed by atoms with Crippen LogP contribution in [-0.4, -0.2) is 47.4 Å². The predicted molar refractivity (Wildman–Crippen MR) is 126 cm³/mol. The van der Waals surface area contributed by atoms with Gasteiger partial charge in [-0.05, 0) is 38.4 Å². The summed E-state index contributed by atoms with van der Waals surface area (Å²) in [6.45, 7) is 5.89. The highest BCUT2D eigenvalue weighted by Gasteiger charge is 2.33. The third-order valence-electron chi connectivity index (χ3n) is 5.60. The van der Waals surface area contributed by atoms with Crippen molar-refractivity contribution in [1.29, 1.82) is 0 Å². The molecule has 2 aromatic heterocycles. The number of rotatable bonds is 6. The van der Waals surface area contributed by atoms with E-state index in [1.165, 1.54) is 0 Å². The largest absolute Gasteiger partial charge is 0.351 e. The van der Waals surface area contributed by atoms with Gasteiger partial charge >= 0.3 is 0 Å². The maximum absolute atomic E-state index is 13.5. The lowest BCUT2D eigenvalue weighted by Gasteiger charge is -2.32. The standard InChI is InChI=1S/C24H28N6O/c1-4-5-12-30-22-20(27-24(30)28(3)14-11-25)10-13-29(23(22)31)16-21-19-9-7-6-8-18(19)15-17(2)26-21/h6-10,13,15,24,27H,11-12,14,16,25H2,1-3H3. The first-order chi connectivity index (χ1) is 15.0. The van der Waals surface area contributed by atoms with Crippen molar-refractivity contribution in [3.8, 4) is 11.8 Å². The zero-order chi connectivity index (χ0) is 22.0. The molecule has 0 fully saturated rings. The second-order valence-corrected chi connectivity index (χ2v) is 7.78. The SMILES string of the molecule is CC#CCN1c2c(ccn(Cc3nc(C)cc4ccccc34)c2=O)NC1N(C)CCN. The van der Waals surface area contributed by atoms with Crippen LogP contribution in [0.1, 0.15) is 18.3 Å². The van der Waals surface area contributed by atoms with Crippen molar-refractivity contribution in [3.63, 3.8) is 0 Å². The summed E-state index contributed by atoms with van der Waals surface area (Å²) in [4.78, 5) is 22.4. The van der Waals surface area contributed by atoms with Crippen molar-refractivity contribution < 1.29 is 0 Å². The Hall–Kier alpha value is -3.34. The van der Waals surface area contributed by atoms with Crippen LogP contribution in [0.3, 0.4) is 0 Å². The molecule has 7 nitrogen and oxygen atoms in total. The molecule has 160 valence electrons. The van der Waals surface area contributed by atoms with E-state index in [0.717, 1.165) is 27.8 Å². The predicted octanol–water partition coefficient (Wildman–Crippen LogP) is 2.18. The smallest absolute Gasteiger partial charge is 0.276 e. The fourth-order valence-corrected chi connectivity index (χ4v) is 4.12. The molecule has 1 aliphatic rings. The lowest BCUT2D eigenvalue weighted by atomic mass is 10.1. The summed E-state index contributed by atoms with van der Waals surface area (Å²) < 4.78 is 1.73. The molecule has 0 radical (unpaired) electrons. The number of likely N-dealkylation sites (N-methyl/N-ethyl adjacent to an activating group) is 1. The molecule has 1 aliphatic heterocycles. The first-order valence-electron chi connectivity index (χ1n) is 10.4. The number of fused-ring (bicyclic) bond motifs is 2. The minimum absolute atomic E-state index is 0.0565. The molecule has 0 spiro atoms. The van der Waals surface area contributed by atoms with E-state index in [1.807, 2.05) is 43.3 Å². The first kappa shape index (κ1) is 20.9. The number of nitrogens with two attached hydrogens (primary N) is 1. The quantitative estimate of drug-likeness (QED) is 0.600. The molecule has 0 amide bonds. The summed E-state index contributed by atoms with van der Waals surface area (Å²) >= 11 is 0. The second kappa shape index (κ2) is 8.80. The molecular formula is C24H28N6O. The Bertz CT molecular complexity index is 1220. The van der Waals surface area contributed by atoms with E-state index in [2.05, 4.69) is 40.3 Å². The third kappa shape index (κ3) is 4.00. The average Bonchev–Trinajstić information content (AvgIpc) is 3.13. The second-order valence-electron chi connectivity index (χ2n) is 7.78. The van der Waals surface area contributed by atoms with Crippen LogP contribution in [0.25, 0.3) is 10.8 Å². The molecule has 1 unspecified atom stereocenters. The van der Waals surface area contributed by atoms with Crippen molar-refractivity contribution in [1.82, 2.24) is 14.5 Å². The summed E-state index contributed by atoms with van der Waals surface area (Å²) in [5.41, 5.74) is 8.98. The van der Waals surface area contributed by atoms with Gasteiger partial charge in [0.2, 0.25) is 0 Å². The van der Waals surface area contributed by atoms with Crippen LogP contribution in [0.15, 0.2) is 47.4 Å². The first-order valence-corrected chi connectivity index (χ1v) is 10.4. The Labute approximate surface area is 182 Å². The Morgan fingerprint density at radius 2 is 2.10 bits per heavy atom. The number of aryl methyl sites for hydroxylation is 1. The molecule has 0 saturated heterocycles. The lowest BCUT2D eigenvalue weighted by Crippen LogP contribution is -2.50. The molecule has 0 aliphatic carbocycles. The van der Waals surface area contributed by atoms with Gasteiger partial charge in [-0.25, -0.2) is 0 Å². The van der Waals surface area contributed by atoms with Gasteiger partial charge in [0.15, 0.2) is 6.29 Å². The van der Waals surface area contributed by atoms with E-state index in [1.54, 1.807) is 11.5 Å². The van der Waals surface area contributed by atoms with Crippen molar-refractivity contribution in [2.24, 2.45) is 5.73 Å². The highest BCUT2D eigenvalue weighted by molar-refractivity contribution is 5.85. The van der Waals surface area contributed by atoms with E-state index >= 15 is 0 Å². The number of hydrogen-bond donors (Lipinski definition) is 2. The van der Waals surface area contributed by atoms with Crippen LogP contribution >= 0.6 is 0 Å². The maximum Gasteiger partial charge on any atom is 0.276 e.